The quantitative estimate of drug-likeness (QED) is 0.671. The summed E-state index contributed by atoms with van der Waals surface area (Å²) in [7, 11) is 0. The number of aliphatic imine (C=N–C) groups is 1. The Hall–Kier alpha value is -1.68. The average molecular weight is 201 g/mol. The number of carbonyl (C=O) groups excluding carboxylic acids is 1. The third kappa shape index (κ3) is 1.26. The number of para-hydroxylation sites is 2. The molecule has 1 N–H and O–H groups in total. The van der Waals surface area contributed by atoms with Crippen LogP contribution in [0, 0.1) is 0 Å². The number of hydrogen-bond donors (Lipinski definition) is 1. The molecule has 3 rings (SSSR count). The fourth-order valence-corrected chi connectivity index (χ4v) is 2.06. The van der Waals surface area contributed by atoms with Crippen LogP contribution in [0.1, 0.15) is 0 Å². The summed E-state index contributed by atoms with van der Waals surface area (Å²) in [6.07, 6.45) is 1.84. The highest BCUT2D eigenvalue weighted by atomic mass is 16.2. The van der Waals surface area contributed by atoms with E-state index in [2.05, 4.69) is 10.3 Å². The lowest BCUT2D eigenvalue weighted by atomic mass is 10.1. The van der Waals surface area contributed by atoms with Gasteiger partial charge >= 0.3 is 0 Å². The Bertz CT molecular complexity index is 441. The topological polar surface area (TPSA) is 44.7 Å². The first kappa shape index (κ1) is 8.61. The van der Waals surface area contributed by atoms with Gasteiger partial charge < -0.3 is 5.32 Å². The van der Waals surface area contributed by atoms with Gasteiger partial charge in [0.25, 0.3) is 0 Å². The number of nitrogens with zero attached hydrogens (tertiary/aromatic N) is 2. The number of amides is 1. The maximum Gasteiger partial charge on any atom is 0.241 e. The van der Waals surface area contributed by atoms with E-state index in [9.17, 15) is 4.79 Å². The molecule has 1 amide bonds. The van der Waals surface area contributed by atoms with Gasteiger partial charge in [-0.1, -0.05) is 12.1 Å². The Balaban J connectivity index is 2.11. The molecular formula is C11H11N3O. The van der Waals surface area contributed by atoms with Crippen LogP contribution >= 0.6 is 0 Å². The van der Waals surface area contributed by atoms with E-state index in [1.807, 2.05) is 35.4 Å². The molecule has 1 fully saturated rings. The summed E-state index contributed by atoms with van der Waals surface area (Å²) < 4.78 is 0. The van der Waals surface area contributed by atoms with E-state index >= 15 is 0 Å². The minimum absolute atomic E-state index is 0.0705. The lowest BCUT2D eigenvalue weighted by Crippen LogP contribution is -2.56. The highest BCUT2D eigenvalue weighted by Gasteiger charge is 2.31. The second-order valence-electron chi connectivity index (χ2n) is 3.73. The van der Waals surface area contributed by atoms with Gasteiger partial charge in [-0.3, -0.25) is 14.7 Å². The lowest BCUT2D eigenvalue weighted by Gasteiger charge is -2.36. The Morgan fingerprint density at radius 3 is 3.20 bits per heavy atom. The fraction of sp³-hybridized carbons (Fsp3) is 0.273. The van der Waals surface area contributed by atoms with Crippen LogP contribution in [0.25, 0.3) is 0 Å². The van der Waals surface area contributed by atoms with Crippen LogP contribution in [0.5, 0.6) is 0 Å². The van der Waals surface area contributed by atoms with Crippen molar-refractivity contribution in [3.63, 3.8) is 0 Å². The molecule has 4 heteroatoms. The summed E-state index contributed by atoms with van der Waals surface area (Å²) in [5.74, 6) is 0.116. The van der Waals surface area contributed by atoms with E-state index in [4.69, 9.17) is 0 Å². The predicted octanol–water partition coefficient (Wildman–Crippen LogP) is 0.707. The molecule has 4 nitrogen and oxygen atoms in total. The number of rotatable bonds is 0. The number of nitrogens with one attached hydrogen (secondary N) is 1. The SMILES string of the molecule is O=C1CNCC2C=Nc3ccccc3N12. The number of hydrogen-bond acceptors (Lipinski definition) is 3. The third-order valence-electron chi connectivity index (χ3n) is 2.76. The monoisotopic (exact) mass is 201 g/mol. The number of fused-ring (bicyclic) bond motifs is 3. The minimum Gasteiger partial charge on any atom is -0.306 e. The van der Waals surface area contributed by atoms with Gasteiger partial charge in [-0.05, 0) is 12.1 Å². The van der Waals surface area contributed by atoms with Gasteiger partial charge in [-0.15, -0.1) is 0 Å². The van der Waals surface area contributed by atoms with Crippen molar-refractivity contribution in [1.82, 2.24) is 5.32 Å². The molecule has 0 radical (unpaired) electrons. The van der Waals surface area contributed by atoms with E-state index in [0.29, 0.717) is 6.54 Å². The molecule has 1 aromatic rings. The summed E-state index contributed by atoms with van der Waals surface area (Å²) >= 11 is 0. The van der Waals surface area contributed by atoms with E-state index in [0.717, 1.165) is 17.9 Å². The maximum absolute atomic E-state index is 11.8. The maximum atomic E-state index is 11.8. The summed E-state index contributed by atoms with van der Waals surface area (Å²) in [6.45, 7) is 1.20. The number of benzene rings is 1. The van der Waals surface area contributed by atoms with Gasteiger partial charge in [0.15, 0.2) is 0 Å². The molecule has 0 bridgehead atoms. The first-order chi connectivity index (χ1) is 7.36. The van der Waals surface area contributed by atoms with Crippen LogP contribution in [0.3, 0.4) is 0 Å². The average Bonchev–Trinajstić information content (AvgIpc) is 2.29. The zero-order valence-corrected chi connectivity index (χ0v) is 8.18. The van der Waals surface area contributed by atoms with Crippen LogP contribution < -0.4 is 10.2 Å². The molecule has 0 saturated carbocycles. The van der Waals surface area contributed by atoms with Crippen molar-refractivity contribution in [2.24, 2.45) is 4.99 Å². The van der Waals surface area contributed by atoms with Crippen molar-refractivity contribution in [1.29, 1.82) is 0 Å². The summed E-state index contributed by atoms with van der Waals surface area (Å²) in [5.41, 5.74) is 1.81. The van der Waals surface area contributed by atoms with Crippen LogP contribution in [-0.2, 0) is 4.79 Å². The second kappa shape index (κ2) is 3.17. The molecular weight excluding hydrogens is 190 g/mol. The summed E-state index contributed by atoms with van der Waals surface area (Å²) in [6, 6.07) is 7.82. The van der Waals surface area contributed by atoms with Gasteiger partial charge in [-0.2, -0.15) is 0 Å². The van der Waals surface area contributed by atoms with Crippen molar-refractivity contribution in [3.05, 3.63) is 24.3 Å². The van der Waals surface area contributed by atoms with E-state index in [1.165, 1.54) is 0 Å². The Morgan fingerprint density at radius 1 is 1.40 bits per heavy atom. The van der Waals surface area contributed by atoms with E-state index < -0.39 is 0 Å². The first-order valence-electron chi connectivity index (χ1n) is 5.02. The van der Waals surface area contributed by atoms with Gasteiger partial charge in [0.2, 0.25) is 5.91 Å². The van der Waals surface area contributed by atoms with E-state index in [-0.39, 0.29) is 11.9 Å². The third-order valence-corrected chi connectivity index (χ3v) is 2.76. The van der Waals surface area contributed by atoms with Crippen LogP contribution in [0.2, 0.25) is 0 Å². The summed E-state index contributed by atoms with van der Waals surface area (Å²) in [5, 5.41) is 3.08. The van der Waals surface area contributed by atoms with Crippen LogP contribution in [-0.4, -0.2) is 31.3 Å². The van der Waals surface area contributed by atoms with Crippen molar-refractivity contribution in [2.75, 3.05) is 18.0 Å². The number of piperazine rings is 1. The van der Waals surface area contributed by atoms with Gasteiger partial charge in [0.05, 0.1) is 24.0 Å². The number of carbonyl (C=O) groups is 1. The Morgan fingerprint density at radius 2 is 2.27 bits per heavy atom. The van der Waals surface area contributed by atoms with Crippen molar-refractivity contribution in [2.45, 2.75) is 6.04 Å². The normalized spacial score (nSPS) is 23.6. The molecule has 1 aromatic carbocycles. The van der Waals surface area contributed by atoms with E-state index in [1.54, 1.807) is 0 Å². The molecule has 1 unspecified atom stereocenters. The van der Waals surface area contributed by atoms with Crippen molar-refractivity contribution >= 4 is 23.5 Å². The molecule has 0 aliphatic carbocycles. The fourth-order valence-electron chi connectivity index (χ4n) is 2.06. The Kier molecular flexibility index (Phi) is 1.82. The summed E-state index contributed by atoms with van der Waals surface area (Å²) in [4.78, 5) is 18.0. The van der Waals surface area contributed by atoms with Gasteiger partial charge in [0, 0.05) is 12.8 Å². The molecule has 0 aromatic heterocycles. The highest BCUT2D eigenvalue weighted by molar-refractivity contribution is 6.04. The standard InChI is InChI=1S/C11H11N3O/c15-11-7-12-5-8-6-13-9-3-1-2-4-10(9)14(8)11/h1-4,6,8,12H,5,7H2. The zero-order valence-electron chi connectivity index (χ0n) is 8.18. The molecule has 2 aliphatic rings. The molecule has 2 aliphatic heterocycles. The molecule has 0 spiro atoms. The Labute approximate surface area is 87.6 Å². The molecule has 1 saturated heterocycles. The molecule has 2 heterocycles. The van der Waals surface area contributed by atoms with Gasteiger partial charge in [-0.25, -0.2) is 0 Å². The second-order valence-corrected chi connectivity index (χ2v) is 3.73. The smallest absolute Gasteiger partial charge is 0.241 e. The van der Waals surface area contributed by atoms with Crippen molar-refractivity contribution < 1.29 is 4.79 Å². The molecule has 76 valence electrons. The van der Waals surface area contributed by atoms with Gasteiger partial charge in [0.1, 0.15) is 0 Å². The molecule has 15 heavy (non-hydrogen) atoms. The predicted molar refractivity (Wildman–Crippen MR) is 58.7 cm³/mol. The van der Waals surface area contributed by atoms with Crippen LogP contribution in [0.15, 0.2) is 29.3 Å². The van der Waals surface area contributed by atoms with Crippen LogP contribution in [0.4, 0.5) is 11.4 Å². The minimum atomic E-state index is 0.0705. The zero-order chi connectivity index (χ0) is 10.3. The van der Waals surface area contributed by atoms with Crippen molar-refractivity contribution in [3.8, 4) is 0 Å². The number of anilines is 1. The first-order valence-corrected chi connectivity index (χ1v) is 5.02. The highest BCUT2D eigenvalue weighted by Crippen LogP contribution is 2.33. The largest absolute Gasteiger partial charge is 0.306 e. The lowest BCUT2D eigenvalue weighted by molar-refractivity contribution is -0.118. The molecule has 1 atom stereocenters.